The smallest absolute Gasteiger partial charge is 0.219 e. The molecule has 0 aliphatic heterocycles. The van der Waals surface area contributed by atoms with Crippen LogP contribution in [0.2, 0.25) is 10.0 Å². The Morgan fingerprint density at radius 3 is 2.35 bits per heavy atom. The van der Waals surface area contributed by atoms with E-state index in [9.17, 15) is 0 Å². The van der Waals surface area contributed by atoms with Crippen LogP contribution in [0.3, 0.4) is 0 Å². The monoisotopic (exact) mass is 331 g/mol. The van der Waals surface area contributed by atoms with E-state index in [1.54, 1.807) is 24.4 Å². The molecule has 88 valence electrons. The summed E-state index contributed by atoms with van der Waals surface area (Å²) in [5.74, 6) is 1.07. The maximum atomic E-state index is 5.88. The van der Waals surface area contributed by atoms with Crippen LogP contribution in [0.4, 0.5) is 0 Å². The van der Waals surface area contributed by atoms with Gasteiger partial charge in [-0.1, -0.05) is 23.2 Å². The third-order valence-corrected chi connectivity index (χ3v) is 3.35. The Hall–Kier alpha value is -0.770. The summed E-state index contributed by atoms with van der Waals surface area (Å²) in [6, 6.07) is 6.86. The van der Waals surface area contributed by atoms with Crippen LogP contribution in [0, 0.1) is 6.92 Å². The summed E-state index contributed by atoms with van der Waals surface area (Å²) in [6.07, 6.45) is 1.69. The van der Waals surface area contributed by atoms with Gasteiger partial charge >= 0.3 is 0 Å². The van der Waals surface area contributed by atoms with Crippen molar-refractivity contribution in [3.05, 3.63) is 50.5 Å². The van der Waals surface area contributed by atoms with Gasteiger partial charge in [0.1, 0.15) is 5.75 Å². The molecule has 1 aromatic carbocycles. The number of rotatable bonds is 2. The highest BCUT2D eigenvalue weighted by Gasteiger charge is 2.04. The zero-order chi connectivity index (χ0) is 12.4. The first kappa shape index (κ1) is 12.7. The molecular weight excluding hydrogens is 325 g/mol. The summed E-state index contributed by atoms with van der Waals surface area (Å²) in [5, 5.41) is 1.06. The molecule has 0 N–H and O–H groups in total. The molecule has 0 unspecified atom stereocenters. The predicted molar refractivity (Wildman–Crippen MR) is 73.2 cm³/mol. The van der Waals surface area contributed by atoms with Gasteiger partial charge < -0.3 is 4.74 Å². The zero-order valence-electron chi connectivity index (χ0n) is 8.88. The van der Waals surface area contributed by atoms with Crippen LogP contribution in [0.25, 0.3) is 0 Å². The summed E-state index contributed by atoms with van der Waals surface area (Å²) in [4.78, 5) is 4.14. The van der Waals surface area contributed by atoms with Crippen molar-refractivity contribution in [3.63, 3.8) is 0 Å². The topological polar surface area (TPSA) is 22.1 Å². The number of nitrogens with zero attached hydrogens (tertiary/aromatic N) is 1. The first-order valence-electron chi connectivity index (χ1n) is 4.81. The second-order valence-corrected chi connectivity index (χ2v) is 5.21. The minimum atomic E-state index is 0.504. The van der Waals surface area contributed by atoms with E-state index in [0.717, 1.165) is 10.0 Å². The molecule has 0 saturated carbocycles. The number of hydrogen-bond acceptors (Lipinski definition) is 2. The molecule has 0 atom stereocenters. The number of pyridine rings is 1. The van der Waals surface area contributed by atoms with Gasteiger partial charge in [-0.15, -0.1) is 0 Å². The highest BCUT2D eigenvalue weighted by atomic mass is 79.9. The highest BCUT2D eigenvalue weighted by molar-refractivity contribution is 9.10. The molecule has 0 saturated heterocycles. The van der Waals surface area contributed by atoms with E-state index in [2.05, 4.69) is 20.9 Å². The summed E-state index contributed by atoms with van der Waals surface area (Å²) < 4.78 is 6.51. The Labute approximate surface area is 118 Å². The Balaban J connectivity index is 2.28. The number of aryl methyl sites for hydroxylation is 1. The van der Waals surface area contributed by atoms with Crippen molar-refractivity contribution in [2.75, 3.05) is 0 Å². The van der Waals surface area contributed by atoms with E-state index in [0.29, 0.717) is 21.7 Å². The average Bonchev–Trinajstić information content (AvgIpc) is 2.22. The molecule has 0 amide bonds. The Kier molecular flexibility index (Phi) is 3.92. The van der Waals surface area contributed by atoms with E-state index in [1.807, 2.05) is 13.0 Å². The van der Waals surface area contributed by atoms with Crippen LogP contribution in [-0.4, -0.2) is 4.98 Å². The van der Waals surface area contributed by atoms with Gasteiger partial charge in [-0.25, -0.2) is 4.98 Å². The van der Waals surface area contributed by atoms with E-state index >= 15 is 0 Å². The van der Waals surface area contributed by atoms with Crippen LogP contribution in [-0.2, 0) is 0 Å². The van der Waals surface area contributed by atoms with Gasteiger partial charge in [0.05, 0.1) is 0 Å². The van der Waals surface area contributed by atoms with Crippen molar-refractivity contribution >= 4 is 39.1 Å². The van der Waals surface area contributed by atoms with Crippen molar-refractivity contribution in [2.24, 2.45) is 0 Å². The third-order valence-electron chi connectivity index (χ3n) is 2.08. The molecular formula is C12H8BrCl2NO. The Morgan fingerprint density at radius 2 is 1.76 bits per heavy atom. The van der Waals surface area contributed by atoms with Crippen molar-refractivity contribution in [2.45, 2.75) is 6.92 Å². The molecule has 5 heteroatoms. The lowest BCUT2D eigenvalue weighted by Crippen LogP contribution is -1.89. The molecule has 2 nitrogen and oxygen atoms in total. The fourth-order valence-electron chi connectivity index (χ4n) is 1.28. The SMILES string of the molecule is Cc1cc(Oc2cc(Cl)cc(Cl)c2)ncc1Br. The number of ether oxygens (including phenoxy) is 1. The quantitative estimate of drug-likeness (QED) is 0.749. The molecule has 2 rings (SSSR count). The average molecular weight is 333 g/mol. The van der Waals surface area contributed by atoms with Gasteiger partial charge in [0.25, 0.3) is 0 Å². The second-order valence-electron chi connectivity index (χ2n) is 3.48. The number of hydrogen-bond donors (Lipinski definition) is 0. The lowest BCUT2D eigenvalue weighted by atomic mass is 10.3. The lowest BCUT2D eigenvalue weighted by molar-refractivity contribution is 0.462. The van der Waals surface area contributed by atoms with Crippen LogP contribution >= 0.6 is 39.1 Å². The normalized spacial score (nSPS) is 10.4. The first-order chi connectivity index (χ1) is 8.04. The largest absolute Gasteiger partial charge is 0.439 e. The van der Waals surface area contributed by atoms with Gasteiger partial charge in [-0.2, -0.15) is 0 Å². The van der Waals surface area contributed by atoms with Gasteiger partial charge in [0.15, 0.2) is 0 Å². The van der Waals surface area contributed by atoms with Crippen molar-refractivity contribution in [3.8, 4) is 11.6 Å². The van der Waals surface area contributed by atoms with E-state index in [1.165, 1.54) is 0 Å². The molecule has 1 heterocycles. The van der Waals surface area contributed by atoms with Crippen LogP contribution in [0.15, 0.2) is 34.9 Å². The van der Waals surface area contributed by atoms with Crippen molar-refractivity contribution in [1.82, 2.24) is 4.98 Å². The summed E-state index contributed by atoms with van der Waals surface area (Å²) in [6.45, 7) is 1.96. The van der Waals surface area contributed by atoms with Crippen LogP contribution in [0.1, 0.15) is 5.56 Å². The number of halogens is 3. The van der Waals surface area contributed by atoms with Crippen molar-refractivity contribution < 1.29 is 4.74 Å². The number of aromatic nitrogens is 1. The Bertz CT molecular complexity index is 540. The van der Waals surface area contributed by atoms with Crippen molar-refractivity contribution in [1.29, 1.82) is 0 Å². The van der Waals surface area contributed by atoms with Gasteiger partial charge in [-0.05, 0) is 46.6 Å². The molecule has 0 bridgehead atoms. The Morgan fingerprint density at radius 1 is 1.12 bits per heavy atom. The second kappa shape index (κ2) is 5.25. The number of benzene rings is 1. The standard InChI is InChI=1S/C12H8BrCl2NO/c1-7-2-12(16-6-11(7)13)17-10-4-8(14)3-9(15)5-10/h2-6H,1H3. The fraction of sp³-hybridized carbons (Fsp3) is 0.0833. The lowest BCUT2D eigenvalue weighted by Gasteiger charge is -2.07. The van der Waals surface area contributed by atoms with Crippen LogP contribution < -0.4 is 4.74 Å². The van der Waals surface area contributed by atoms with Gasteiger partial charge in [-0.3, -0.25) is 0 Å². The molecule has 17 heavy (non-hydrogen) atoms. The van der Waals surface area contributed by atoms with Gasteiger partial charge in [0, 0.05) is 26.8 Å². The molecule has 0 aliphatic rings. The minimum Gasteiger partial charge on any atom is -0.439 e. The summed E-state index contributed by atoms with van der Waals surface area (Å²) in [7, 11) is 0. The zero-order valence-corrected chi connectivity index (χ0v) is 12.0. The first-order valence-corrected chi connectivity index (χ1v) is 6.35. The van der Waals surface area contributed by atoms with E-state index < -0.39 is 0 Å². The predicted octanol–water partition coefficient (Wildman–Crippen LogP) is 5.25. The molecule has 2 aromatic rings. The maximum Gasteiger partial charge on any atom is 0.219 e. The van der Waals surface area contributed by atoms with E-state index in [-0.39, 0.29) is 0 Å². The van der Waals surface area contributed by atoms with Gasteiger partial charge in [0.2, 0.25) is 5.88 Å². The van der Waals surface area contributed by atoms with E-state index in [4.69, 9.17) is 27.9 Å². The molecule has 1 aromatic heterocycles. The highest BCUT2D eigenvalue weighted by Crippen LogP contribution is 2.28. The molecule has 0 aliphatic carbocycles. The molecule has 0 radical (unpaired) electrons. The summed E-state index contributed by atoms with van der Waals surface area (Å²) in [5.41, 5.74) is 1.04. The molecule has 0 spiro atoms. The summed E-state index contributed by atoms with van der Waals surface area (Å²) >= 11 is 15.1. The maximum absolute atomic E-state index is 5.88. The minimum absolute atomic E-state index is 0.504. The third kappa shape index (κ3) is 3.35. The fourth-order valence-corrected chi connectivity index (χ4v) is 2.00. The van der Waals surface area contributed by atoms with Crippen LogP contribution in [0.5, 0.6) is 11.6 Å². The molecule has 0 fully saturated rings.